The molecule has 9 heteroatoms. The fraction of sp³-hybridized carbons (Fsp3) is 0.120. The van der Waals surface area contributed by atoms with E-state index >= 15 is 0 Å². The van der Waals surface area contributed by atoms with Gasteiger partial charge in [0.15, 0.2) is 5.65 Å². The number of anilines is 1. The van der Waals surface area contributed by atoms with Crippen LogP contribution in [0.25, 0.3) is 17.1 Å². The Morgan fingerprint density at radius 1 is 1.00 bits per heavy atom. The maximum atomic E-state index is 12.5. The topological polar surface area (TPSA) is 106 Å². The first-order valence-corrected chi connectivity index (χ1v) is 10.8. The smallest absolute Gasteiger partial charge is 0.350 e. The third-order valence-corrected chi connectivity index (χ3v) is 5.24. The van der Waals surface area contributed by atoms with Gasteiger partial charge in [-0.15, -0.1) is 5.10 Å². The van der Waals surface area contributed by atoms with Crippen LogP contribution in [0, 0.1) is 0 Å². The van der Waals surface area contributed by atoms with Crippen LogP contribution in [0.1, 0.15) is 11.3 Å². The van der Waals surface area contributed by atoms with Crippen molar-refractivity contribution < 1.29 is 9.21 Å². The number of hydrogen-bond donors (Lipinski definition) is 2. The molecule has 0 radical (unpaired) electrons. The first-order valence-electron chi connectivity index (χ1n) is 10.8. The van der Waals surface area contributed by atoms with Crippen molar-refractivity contribution in [3.05, 3.63) is 107 Å². The van der Waals surface area contributed by atoms with Gasteiger partial charge < -0.3 is 15.1 Å². The van der Waals surface area contributed by atoms with Gasteiger partial charge in [-0.3, -0.25) is 4.40 Å². The van der Waals surface area contributed by atoms with Crippen molar-refractivity contribution >= 4 is 17.4 Å². The van der Waals surface area contributed by atoms with E-state index < -0.39 is 0 Å². The SMILES string of the molecule is O=C(NCCc1coc(-c2ccccc2)n1)Nc1cccc(Cn2nc3ccccn3c2=O)c1. The second-order valence-electron chi connectivity index (χ2n) is 7.71. The summed E-state index contributed by atoms with van der Waals surface area (Å²) in [5.41, 5.74) is 3.52. The van der Waals surface area contributed by atoms with E-state index in [1.165, 1.54) is 9.08 Å². The lowest BCUT2D eigenvalue weighted by atomic mass is 10.2. The number of carbonyl (C=O) groups excluding carboxylic acids is 1. The molecule has 0 unspecified atom stereocenters. The predicted molar refractivity (Wildman–Crippen MR) is 128 cm³/mol. The molecular weight excluding hydrogens is 432 g/mol. The van der Waals surface area contributed by atoms with Gasteiger partial charge in [0.25, 0.3) is 0 Å². The molecular formula is C25H22N6O3. The summed E-state index contributed by atoms with van der Waals surface area (Å²) >= 11 is 0. The van der Waals surface area contributed by atoms with Gasteiger partial charge in [-0.25, -0.2) is 19.3 Å². The number of rotatable bonds is 7. The largest absolute Gasteiger partial charge is 0.444 e. The highest BCUT2D eigenvalue weighted by Gasteiger charge is 2.09. The summed E-state index contributed by atoms with van der Waals surface area (Å²) in [5.74, 6) is 0.557. The first kappa shape index (κ1) is 21.2. The average Bonchev–Trinajstić information content (AvgIpc) is 3.45. The number of fused-ring (bicyclic) bond motifs is 1. The van der Waals surface area contributed by atoms with Gasteiger partial charge in [0.05, 0.1) is 12.2 Å². The zero-order chi connectivity index (χ0) is 23.3. The second kappa shape index (κ2) is 9.45. The van der Waals surface area contributed by atoms with Gasteiger partial charge in [0, 0.05) is 30.4 Å². The van der Waals surface area contributed by atoms with Crippen molar-refractivity contribution in [1.29, 1.82) is 0 Å². The van der Waals surface area contributed by atoms with E-state index in [4.69, 9.17) is 4.42 Å². The summed E-state index contributed by atoms with van der Waals surface area (Å²) in [7, 11) is 0. The third kappa shape index (κ3) is 4.73. The van der Waals surface area contributed by atoms with Crippen molar-refractivity contribution in [2.45, 2.75) is 13.0 Å². The van der Waals surface area contributed by atoms with Crippen molar-refractivity contribution in [3.8, 4) is 11.5 Å². The average molecular weight is 454 g/mol. The van der Waals surface area contributed by atoms with E-state index in [0.29, 0.717) is 36.7 Å². The molecule has 3 heterocycles. The number of hydrogen-bond acceptors (Lipinski definition) is 5. The molecule has 2 aromatic carbocycles. The number of urea groups is 1. The Hall–Kier alpha value is -4.66. The summed E-state index contributed by atoms with van der Waals surface area (Å²) < 4.78 is 8.42. The van der Waals surface area contributed by atoms with Crippen molar-refractivity contribution in [1.82, 2.24) is 24.5 Å². The molecule has 170 valence electrons. The van der Waals surface area contributed by atoms with Crippen LogP contribution in [-0.4, -0.2) is 31.7 Å². The van der Waals surface area contributed by atoms with Gasteiger partial charge in [-0.1, -0.05) is 36.4 Å². The quantitative estimate of drug-likeness (QED) is 0.391. The maximum absolute atomic E-state index is 12.5. The molecule has 0 saturated heterocycles. The first-order chi connectivity index (χ1) is 16.7. The number of amides is 2. The number of aromatic nitrogens is 4. The Morgan fingerprint density at radius 3 is 2.71 bits per heavy atom. The minimum absolute atomic E-state index is 0.213. The van der Waals surface area contributed by atoms with Crippen molar-refractivity contribution in [2.24, 2.45) is 0 Å². The highest BCUT2D eigenvalue weighted by atomic mass is 16.3. The number of carbonyl (C=O) groups is 1. The zero-order valence-corrected chi connectivity index (χ0v) is 18.2. The standard InChI is InChI=1S/C25H22N6O3/c32-24(26-13-12-21-17-34-23(27-21)19-8-2-1-3-9-19)28-20-10-6-7-18(15-20)16-31-25(33)30-14-5-4-11-22(30)29-31/h1-11,14-15,17H,12-13,16H2,(H2,26,28,32). The summed E-state index contributed by atoms with van der Waals surface area (Å²) in [4.78, 5) is 29.3. The molecule has 0 bridgehead atoms. The molecule has 0 aliphatic rings. The molecule has 34 heavy (non-hydrogen) atoms. The number of nitrogens with one attached hydrogen (secondary N) is 2. The molecule has 5 aromatic rings. The molecule has 9 nitrogen and oxygen atoms in total. The molecule has 3 aromatic heterocycles. The molecule has 5 rings (SSSR count). The molecule has 0 atom stereocenters. The molecule has 2 amide bonds. The minimum atomic E-state index is -0.325. The molecule has 0 aliphatic carbocycles. The van der Waals surface area contributed by atoms with Gasteiger partial charge in [0.2, 0.25) is 5.89 Å². The van der Waals surface area contributed by atoms with Crippen LogP contribution >= 0.6 is 0 Å². The van der Waals surface area contributed by atoms with E-state index in [0.717, 1.165) is 16.8 Å². The number of benzene rings is 2. The fourth-order valence-electron chi connectivity index (χ4n) is 3.61. The Labute approximate surface area is 194 Å². The van der Waals surface area contributed by atoms with E-state index in [-0.39, 0.29) is 11.7 Å². The molecule has 0 fully saturated rings. The summed E-state index contributed by atoms with van der Waals surface area (Å²) in [6, 6.07) is 22.0. The van der Waals surface area contributed by atoms with Gasteiger partial charge >= 0.3 is 11.7 Å². The van der Waals surface area contributed by atoms with E-state index in [9.17, 15) is 9.59 Å². The van der Waals surface area contributed by atoms with Crippen LogP contribution in [0.3, 0.4) is 0 Å². The van der Waals surface area contributed by atoms with E-state index in [2.05, 4.69) is 20.7 Å². The number of nitrogens with zero attached hydrogens (tertiary/aromatic N) is 4. The minimum Gasteiger partial charge on any atom is -0.444 e. The monoisotopic (exact) mass is 454 g/mol. The highest BCUT2D eigenvalue weighted by molar-refractivity contribution is 5.89. The lowest BCUT2D eigenvalue weighted by Gasteiger charge is -2.08. The van der Waals surface area contributed by atoms with Crippen LogP contribution in [0.5, 0.6) is 0 Å². The predicted octanol–water partition coefficient (Wildman–Crippen LogP) is 3.56. The van der Waals surface area contributed by atoms with E-state index in [1.807, 2.05) is 54.6 Å². The fourth-order valence-corrected chi connectivity index (χ4v) is 3.61. The van der Waals surface area contributed by atoms with Gasteiger partial charge in [0.1, 0.15) is 6.26 Å². The Balaban J connectivity index is 1.15. The third-order valence-electron chi connectivity index (χ3n) is 5.24. The number of oxazole rings is 1. The summed E-state index contributed by atoms with van der Waals surface area (Å²) in [6.45, 7) is 0.705. The van der Waals surface area contributed by atoms with Crippen LogP contribution in [0.2, 0.25) is 0 Å². The number of pyridine rings is 1. The Kier molecular flexibility index (Phi) is 5.89. The van der Waals surface area contributed by atoms with Crippen LogP contribution in [-0.2, 0) is 13.0 Å². The summed E-state index contributed by atoms with van der Waals surface area (Å²) in [5, 5.41) is 9.98. The van der Waals surface area contributed by atoms with Crippen LogP contribution in [0.4, 0.5) is 10.5 Å². The summed E-state index contributed by atoms with van der Waals surface area (Å²) in [6.07, 6.45) is 3.83. The second-order valence-corrected chi connectivity index (χ2v) is 7.71. The van der Waals surface area contributed by atoms with Gasteiger partial charge in [-0.2, -0.15) is 0 Å². The van der Waals surface area contributed by atoms with E-state index in [1.54, 1.807) is 30.7 Å². The zero-order valence-electron chi connectivity index (χ0n) is 18.2. The van der Waals surface area contributed by atoms with Crippen LogP contribution < -0.4 is 16.3 Å². The molecule has 0 aliphatic heterocycles. The van der Waals surface area contributed by atoms with Gasteiger partial charge in [-0.05, 0) is 42.0 Å². The normalized spacial score (nSPS) is 10.9. The molecule has 2 N–H and O–H groups in total. The van der Waals surface area contributed by atoms with Crippen molar-refractivity contribution in [3.63, 3.8) is 0 Å². The highest BCUT2D eigenvalue weighted by Crippen LogP contribution is 2.18. The van der Waals surface area contributed by atoms with Crippen LogP contribution in [0.15, 0.2) is 94.5 Å². The van der Waals surface area contributed by atoms with Crippen molar-refractivity contribution in [2.75, 3.05) is 11.9 Å². The maximum Gasteiger partial charge on any atom is 0.350 e. The Bertz CT molecular complexity index is 1490. The molecule has 0 spiro atoms. The molecule has 0 saturated carbocycles. The Morgan fingerprint density at radius 2 is 1.85 bits per heavy atom. The lowest BCUT2D eigenvalue weighted by Crippen LogP contribution is -2.30. The lowest BCUT2D eigenvalue weighted by molar-refractivity contribution is 0.252.